The minimum atomic E-state index is -0.350. The van der Waals surface area contributed by atoms with Gasteiger partial charge in [0.1, 0.15) is 23.8 Å². The Morgan fingerprint density at radius 3 is 2.44 bits per heavy atom. The maximum atomic E-state index is 14.0. The fourth-order valence-electron chi connectivity index (χ4n) is 5.08. The van der Waals surface area contributed by atoms with Gasteiger partial charge in [0, 0.05) is 20.0 Å². The number of hydrogen-bond donors (Lipinski definition) is 3. The molecule has 182 valence electrons. The lowest BCUT2D eigenvalue weighted by Gasteiger charge is -2.70. The first-order valence-electron chi connectivity index (χ1n) is 11.7. The van der Waals surface area contributed by atoms with E-state index < -0.39 is 0 Å². The predicted octanol–water partition coefficient (Wildman–Crippen LogP) is 3.31. The highest BCUT2D eigenvalue weighted by Gasteiger charge is 2.69. The van der Waals surface area contributed by atoms with Crippen molar-refractivity contribution < 1.29 is 26.3 Å². The van der Waals surface area contributed by atoms with Gasteiger partial charge in [-0.3, -0.25) is 14.9 Å². The topological polar surface area (TPSA) is 88.7 Å². The highest BCUT2D eigenvalue weighted by Crippen LogP contribution is 2.60. The van der Waals surface area contributed by atoms with Gasteiger partial charge >= 0.3 is 0 Å². The van der Waals surface area contributed by atoms with Crippen LogP contribution in [-0.2, 0) is 20.7 Å². The number of hydrogen-bond acceptors (Lipinski definition) is 5. The van der Waals surface area contributed by atoms with E-state index in [0.29, 0.717) is 17.7 Å². The lowest BCUT2D eigenvalue weighted by Crippen LogP contribution is -2.84. The summed E-state index contributed by atoms with van der Waals surface area (Å²) < 4.78 is 25.0. The number of benzene rings is 1. The Hall–Kier alpha value is -2.19. The van der Waals surface area contributed by atoms with Gasteiger partial charge in [-0.2, -0.15) is 0 Å². The fourth-order valence-corrected chi connectivity index (χ4v) is 5.08. The van der Waals surface area contributed by atoms with E-state index >= 15 is 0 Å². The molecule has 3 atom stereocenters. The van der Waals surface area contributed by atoms with Crippen LogP contribution in [0, 0.1) is 5.82 Å². The zero-order valence-corrected chi connectivity index (χ0v) is 19.7. The number of aryl methyl sites for hydroxylation is 1. The average Bonchev–Trinajstić information content (AvgIpc) is 3.05. The number of carbonyl (C=O) groups is 2. The molecule has 1 aromatic carbocycles. The molecule has 3 N–H and O–H groups in total. The minimum absolute atomic E-state index is 0. The Bertz CT molecular complexity index is 838. The number of ether oxygens (including phenoxy) is 2. The highest BCUT2D eigenvalue weighted by atomic mass is 19.1. The Balaban J connectivity index is 0.00000141. The summed E-state index contributed by atoms with van der Waals surface area (Å²) in [5.41, 5.74) is 0.165. The zero-order valence-electron chi connectivity index (χ0n) is 19.7. The van der Waals surface area contributed by atoms with Crippen molar-refractivity contribution in [3.8, 4) is 5.75 Å². The van der Waals surface area contributed by atoms with Crippen molar-refractivity contribution in [2.45, 2.75) is 96.2 Å². The molecule has 3 saturated carbocycles. The number of halogens is 1. The third-order valence-corrected chi connectivity index (χ3v) is 6.32. The summed E-state index contributed by atoms with van der Waals surface area (Å²) in [5.74, 6) is -0.250. The van der Waals surface area contributed by atoms with E-state index in [0.717, 1.165) is 25.7 Å². The van der Waals surface area contributed by atoms with E-state index in [4.69, 9.17) is 9.47 Å². The molecule has 5 rings (SSSR count). The molecule has 2 amide bonds. The van der Waals surface area contributed by atoms with Gasteiger partial charge in [0.25, 0.3) is 5.91 Å². The summed E-state index contributed by atoms with van der Waals surface area (Å²) in [6, 6.07) is 4.37. The average molecular weight is 454 g/mol. The Kier molecular flexibility index (Phi) is 7.45. The maximum Gasteiger partial charge on any atom is 0.258 e. The van der Waals surface area contributed by atoms with E-state index in [2.05, 4.69) is 16.0 Å². The van der Waals surface area contributed by atoms with Gasteiger partial charge in [0.15, 0.2) is 6.61 Å². The highest BCUT2D eigenvalue weighted by molar-refractivity contribution is 5.85. The van der Waals surface area contributed by atoms with Gasteiger partial charge in [-0.1, -0.05) is 33.3 Å². The van der Waals surface area contributed by atoms with Crippen molar-refractivity contribution >= 4 is 11.8 Å². The van der Waals surface area contributed by atoms with Crippen molar-refractivity contribution in [3.05, 3.63) is 29.6 Å². The van der Waals surface area contributed by atoms with Gasteiger partial charge in [-0.25, -0.2) is 4.39 Å². The number of amides is 2. The quantitative estimate of drug-likeness (QED) is 0.562. The SMILES string of the molecule is CC.CCCc1ccc(OCC(=O)NC23CC(NC(=O)C4NC(C)OC4C)(C2)C3)cc1F.[HH].[HH]. The van der Waals surface area contributed by atoms with Crippen LogP contribution >= 0.6 is 0 Å². The number of carbonyl (C=O) groups excluding carboxylic acids is 2. The molecule has 0 spiro atoms. The molecule has 0 aromatic heterocycles. The molecule has 3 aliphatic carbocycles. The molecule has 1 aliphatic heterocycles. The third-order valence-electron chi connectivity index (χ3n) is 6.32. The van der Waals surface area contributed by atoms with Crippen molar-refractivity contribution in [3.63, 3.8) is 0 Å². The predicted molar refractivity (Wildman–Crippen MR) is 124 cm³/mol. The van der Waals surface area contributed by atoms with Crippen LogP contribution in [0.2, 0.25) is 0 Å². The molecule has 4 aliphatic rings. The van der Waals surface area contributed by atoms with Crippen LogP contribution in [0.4, 0.5) is 4.39 Å². The molecule has 4 fully saturated rings. The van der Waals surface area contributed by atoms with Crippen LogP contribution < -0.4 is 20.7 Å². The van der Waals surface area contributed by atoms with Crippen LogP contribution in [-0.4, -0.2) is 47.9 Å². The van der Waals surface area contributed by atoms with Crippen LogP contribution in [0.1, 0.15) is 68.7 Å². The van der Waals surface area contributed by atoms with Gasteiger partial charge in [0.2, 0.25) is 5.91 Å². The van der Waals surface area contributed by atoms with Crippen LogP contribution in [0.5, 0.6) is 5.75 Å². The van der Waals surface area contributed by atoms with Crippen molar-refractivity contribution in [2.75, 3.05) is 6.61 Å². The molecular formula is C24H40FN3O4. The summed E-state index contributed by atoms with van der Waals surface area (Å²) in [5, 5.41) is 9.27. The molecule has 8 heteroatoms. The number of nitrogens with one attached hydrogen (secondary N) is 3. The first-order chi connectivity index (χ1) is 15.2. The normalized spacial score (nSPS) is 32.0. The van der Waals surface area contributed by atoms with E-state index in [-0.39, 0.29) is 56.5 Å². The summed E-state index contributed by atoms with van der Waals surface area (Å²) >= 11 is 0. The summed E-state index contributed by atoms with van der Waals surface area (Å²) in [4.78, 5) is 24.8. The fraction of sp³-hybridized carbons (Fsp3) is 0.667. The second-order valence-electron chi connectivity index (χ2n) is 9.05. The summed E-state index contributed by atoms with van der Waals surface area (Å²) in [6.07, 6.45) is 3.40. The second-order valence-corrected chi connectivity index (χ2v) is 9.05. The maximum absolute atomic E-state index is 14.0. The Labute approximate surface area is 192 Å². The molecular weight excluding hydrogens is 413 g/mol. The largest absolute Gasteiger partial charge is 0.484 e. The molecule has 2 bridgehead atoms. The van der Waals surface area contributed by atoms with Gasteiger partial charge in [0.05, 0.1) is 6.10 Å². The molecule has 32 heavy (non-hydrogen) atoms. The lowest BCUT2D eigenvalue weighted by atomic mass is 9.44. The van der Waals surface area contributed by atoms with E-state index in [1.54, 1.807) is 12.1 Å². The van der Waals surface area contributed by atoms with Crippen molar-refractivity contribution in [1.82, 2.24) is 16.0 Å². The smallest absolute Gasteiger partial charge is 0.258 e. The standard InChI is InChI=1S/C22H30FN3O4.C2H6.2H2/c1-4-5-15-6-7-16(8-17(15)23)29-9-18(27)25-21-10-22(11-21,12-21)26-20(28)19-13(2)30-14(3)24-19;1-2;;/h6-8,13-14,19,24H,4-5,9-12H2,1-3H3,(H,25,27)(H,26,28);1-2H3;2*1H. The summed E-state index contributed by atoms with van der Waals surface area (Å²) in [6.45, 7) is 9.60. The summed E-state index contributed by atoms with van der Waals surface area (Å²) in [7, 11) is 0. The molecule has 3 unspecified atom stereocenters. The first kappa shape index (κ1) is 24.5. The van der Waals surface area contributed by atoms with Crippen LogP contribution in [0.25, 0.3) is 0 Å². The number of rotatable bonds is 8. The zero-order chi connectivity index (χ0) is 23.5. The molecule has 1 aromatic rings. The van der Waals surface area contributed by atoms with Crippen LogP contribution in [0.3, 0.4) is 0 Å². The third kappa shape index (κ3) is 5.07. The Morgan fingerprint density at radius 2 is 1.88 bits per heavy atom. The van der Waals surface area contributed by atoms with E-state index in [1.165, 1.54) is 6.07 Å². The second kappa shape index (κ2) is 9.75. The van der Waals surface area contributed by atoms with Gasteiger partial charge in [-0.15, -0.1) is 0 Å². The molecule has 1 saturated heterocycles. The Morgan fingerprint density at radius 1 is 1.22 bits per heavy atom. The van der Waals surface area contributed by atoms with E-state index in [1.807, 2.05) is 34.6 Å². The first-order valence-corrected chi connectivity index (χ1v) is 11.7. The van der Waals surface area contributed by atoms with Crippen molar-refractivity contribution in [1.29, 1.82) is 0 Å². The monoisotopic (exact) mass is 453 g/mol. The molecule has 1 heterocycles. The van der Waals surface area contributed by atoms with E-state index in [9.17, 15) is 14.0 Å². The van der Waals surface area contributed by atoms with Crippen LogP contribution in [0.15, 0.2) is 18.2 Å². The lowest BCUT2D eigenvalue weighted by molar-refractivity contribution is -0.151. The molecule has 0 radical (unpaired) electrons. The molecule has 7 nitrogen and oxygen atoms in total. The minimum Gasteiger partial charge on any atom is -0.484 e. The van der Waals surface area contributed by atoms with Gasteiger partial charge < -0.3 is 20.1 Å². The van der Waals surface area contributed by atoms with Gasteiger partial charge in [-0.05, 0) is 51.2 Å². The van der Waals surface area contributed by atoms with Crippen molar-refractivity contribution in [2.24, 2.45) is 0 Å².